The van der Waals surface area contributed by atoms with Gasteiger partial charge in [0.05, 0.1) is 5.56 Å². The number of phenols is 1. The fourth-order valence-electron chi connectivity index (χ4n) is 3.62. The second kappa shape index (κ2) is 8.96. The van der Waals surface area contributed by atoms with Gasteiger partial charge in [0.15, 0.2) is 6.10 Å². The third kappa shape index (κ3) is 4.19. The maximum absolute atomic E-state index is 13.4. The SMILES string of the molecule is N#Cc1ccccc1OCC(O)C1OC(=O)N(c2ccc(F)cc2)C1c1ccc(O)cc1. The highest BCUT2D eigenvalue weighted by Gasteiger charge is 2.47. The molecule has 8 heteroatoms. The van der Waals surface area contributed by atoms with Crippen LogP contribution in [0.2, 0.25) is 0 Å². The van der Waals surface area contributed by atoms with Crippen molar-refractivity contribution in [3.8, 4) is 17.6 Å². The standard InChI is InChI=1S/C24H19FN2O5/c25-17-7-9-18(10-8-17)27-22(15-5-11-19(28)12-6-15)23(32-24(27)30)20(29)14-31-21-4-2-1-3-16(21)13-26/h1-12,20,22-23,28-29H,14H2. The number of phenolic OH excluding ortho intramolecular Hbond substituents is 1. The number of nitrogens with zero attached hydrogens (tertiary/aromatic N) is 2. The van der Waals surface area contributed by atoms with Gasteiger partial charge in [-0.15, -0.1) is 0 Å². The van der Waals surface area contributed by atoms with Gasteiger partial charge in [0.1, 0.15) is 42.1 Å². The molecule has 0 aliphatic carbocycles. The van der Waals surface area contributed by atoms with Crippen LogP contribution < -0.4 is 9.64 Å². The van der Waals surface area contributed by atoms with E-state index in [9.17, 15) is 24.7 Å². The Labute approximate surface area is 183 Å². The van der Waals surface area contributed by atoms with Crippen LogP contribution >= 0.6 is 0 Å². The van der Waals surface area contributed by atoms with Crippen molar-refractivity contribution in [3.63, 3.8) is 0 Å². The Balaban J connectivity index is 1.63. The average molecular weight is 434 g/mol. The van der Waals surface area contributed by atoms with Crippen LogP contribution in [0.5, 0.6) is 11.5 Å². The van der Waals surface area contributed by atoms with Crippen LogP contribution in [0, 0.1) is 17.1 Å². The van der Waals surface area contributed by atoms with Crippen molar-refractivity contribution < 1.29 is 28.9 Å². The van der Waals surface area contributed by atoms with Gasteiger partial charge in [-0.05, 0) is 54.1 Å². The second-order valence-electron chi connectivity index (χ2n) is 7.22. The Morgan fingerprint density at radius 2 is 1.78 bits per heavy atom. The van der Waals surface area contributed by atoms with Gasteiger partial charge in [0.25, 0.3) is 0 Å². The number of para-hydroxylation sites is 1. The van der Waals surface area contributed by atoms with Gasteiger partial charge >= 0.3 is 6.09 Å². The van der Waals surface area contributed by atoms with E-state index < -0.39 is 30.2 Å². The Morgan fingerprint density at radius 1 is 1.09 bits per heavy atom. The Morgan fingerprint density at radius 3 is 2.47 bits per heavy atom. The molecule has 4 rings (SSSR count). The zero-order valence-corrected chi connectivity index (χ0v) is 16.8. The Hall–Kier alpha value is -4.09. The number of carbonyl (C=O) groups excluding carboxylic acids is 1. The van der Waals surface area contributed by atoms with Crippen LogP contribution in [0.3, 0.4) is 0 Å². The van der Waals surface area contributed by atoms with Crippen molar-refractivity contribution in [1.82, 2.24) is 0 Å². The molecule has 0 radical (unpaired) electrons. The zero-order chi connectivity index (χ0) is 22.7. The maximum atomic E-state index is 13.4. The third-order valence-electron chi connectivity index (χ3n) is 5.16. The number of benzene rings is 3. The number of carbonyl (C=O) groups is 1. The van der Waals surface area contributed by atoms with Crippen LogP contribution in [0.25, 0.3) is 0 Å². The second-order valence-corrected chi connectivity index (χ2v) is 7.22. The lowest BCUT2D eigenvalue weighted by atomic mass is 9.96. The molecule has 1 fully saturated rings. The highest BCUT2D eigenvalue weighted by Crippen LogP contribution is 2.39. The van der Waals surface area contributed by atoms with E-state index in [0.717, 1.165) is 0 Å². The van der Waals surface area contributed by atoms with Gasteiger partial charge in [0.2, 0.25) is 0 Å². The van der Waals surface area contributed by atoms with E-state index >= 15 is 0 Å². The van der Waals surface area contributed by atoms with Crippen molar-refractivity contribution in [2.75, 3.05) is 11.5 Å². The molecule has 32 heavy (non-hydrogen) atoms. The number of anilines is 1. The number of rotatable bonds is 6. The van der Waals surface area contributed by atoms with Gasteiger partial charge in [-0.1, -0.05) is 24.3 Å². The van der Waals surface area contributed by atoms with Crippen LogP contribution in [-0.4, -0.2) is 35.1 Å². The number of aliphatic hydroxyl groups excluding tert-OH is 1. The quantitative estimate of drug-likeness (QED) is 0.610. The van der Waals surface area contributed by atoms with Crippen molar-refractivity contribution in [2.45, 2.75) is 18.2 Å². The van der Waals surface area contributed by atoms with E-state index in [4.69, 9.17) is 9.47 Å². The first kappa shape index (κ1) is 21.2. The Bertz CT molecular complexity index is 1140. The van der Waals surface area contributed by atoms with Crippen LogP contribution in [0.4, 0.5) is 14.9 Å². The first-order valence-corrected chi connectivity index (χ1v) is 9.82. The number of nitriles is 1. The lowest BCUT2D eigenvalue weighted by molar-refractivity contribution is -0.00651. The summed E-state index contributed by atoms with van der Waals surface area (Å²) in [5.74, 6) is -0.112. The largest absolute Gasteiger partial charge is 0.508 e. The highest BCUT2D eigenvalue weighted by molar-refractivity contribution is 5.91. The van der Waals surface area contributed by atoms with Crippen LogP contribution in [-0.2, 0) is 4.74 Å². The maximum Gasteiger partial charge on any atom is 0.415 e. The van der Waals surface area contributed by atoms with E-state index in [2.05, 4.69) is 0 Å². The lowest BCUT2D eigenvalue weighted by Crippen LogP contribution is -2.38. The fraction of sp³-hybridized carbons (Fsp3) is 0.167. The van der Waals surface area contributed by atoms with Crippen molar-refractivity contribution >= 4 is 11.8 Å². The van der Waals surface area contributed by atoms with Crippen LogP contribution in [0.15, 0.2) is 72.8 Å². The van der Waals surface area contributed by atoms with Gasteiger partial charge in [0, 0.05) is 5.69 Å². The van der Waals surface area contributed by atoms with E-state index in [1.807, 2.05) is 6.07 Å². The van der Waals surface area contributed by atoms with E-state index in [1.165, 1.54) is 41.3 Å². The van der Waals surface area contributed by atoms with Gasteiger partial charge < -0.3 is 19.7 Å². The number of aromatic hydroxyl groups is 1. The first-order chi connectivity index (χ1) is 15.5. The highest BCUT2D eigenvalue weighted by atomic mass is 19.1. The summed E-state index contributed by atoms with van der Waals surface area (Å²) in [7, 11) is 0. The molecular weight excluding hydrogens is 415 g/mol. The number of ether oxygens (including phenoxy) is 2. The molecule has 162 valence electrons. The van der Waals surface area contributed by atoms with Gasteiger partial charge in [-0.3, -0.25) is 4.90 Å². The number of cyclic esters (lactones) is 1. The van der Waals surface area contributed by atoms with Gasteiger partial charge in [-0.2, -0.15) is 5.26 Å². The number of halogens is 1. The summed E-state index contributed by atoms with van der Waals surface area (Å²) in [6, 6.07) is 19.3. The topological polar surface area (TPSA) is 103 Å². The zero-order valence-electron chi connectivity index (χ0n) is 16.8. The number of hydrogen-bond acceptors (Lipinski definition) is 6. The van der Waals surface area contributed by atoms with Crippen LogP contribution in [0.1, 0.15) is 17.2 Å². The molecule has 1 amide bonds. The van der Waals surface area contributed by atoms with Crippen molar-refractivity contribution in [3.05, 3.63) is 89.7 Å². The summed E-state index contributed by atoms with van der Waals surface area (Å²) < 4.78 is 24.5. The predicted octanol–water partition coefficient (Wildman–Crippen LogP) is 3.91. The summed E-state index contributed by atoms with van der Waals surface area (Å²) in [5, 5.41) is 29.7. The molecule has 3 atom stereocenters. The smallest absolute Gasteiger partial charge is 0.415 e. The minimum atomic E-state index is -1.24. The Kier molecular flexibility index (Phi) is 5.92. The molecule has 0 bridgehead atoms. The molecule has 2 N–H and O–H groups in total. The normalized spacial score (nSPS) is 18.7. The summed E-state index contributed by atoms with van der Waals surface area (Å²) in [6.45, 7) is -0.234. The monoisotopic (exact) mass is 434 g/mol. The lowest BCUT2D eigenvalue weighted by Gasteiger charge is -2.27. The van der Waals surface area contributed by atoms with Crippen molar-refractivity contribution in [1.29, 1.82) is 5.26 Å². The fourth-order valence-corrected chi connectivity index (χ4v) is 3.62. The minimum absolute atomic E-state index is 0.0425. The number of hydrogen-bond donors (Lipinski definition) is 2. The summed E-state index contributed by atoms with van der Waals surface area (Å²) in [5.41, 5.74) is 1.30. The third-order valence-corrected chi connectivity index (χ3v) is 5.16. The molecule has 1 heterocycles. The molecule has 0 spiro atoms. The van der Waals surface area contributed by atoms with Crippen molar-refractivity contribution in [2.24, 2.45) is 0 Å². The summed E-state index contributed by atoms with van der Waals surface area (Å²) in [6.07, 6.45) is -2.97. The molecule has 3 aromatic carbocycles. The minimum Gasteiger partial charge on any atom is -0.508 e. The average Bonchev–Trinajstić information content (AvgIpc) is 3.15. The molecule has 3 unspecified atom stereocenters. The number of aliphatic hydroxyl groups is 1. The molecular formula is C24H19FN2O5. The van der Waals surface area contributed by atoms with E-state index in [-0.39, 0.29) is 12.4 Å². The number of amides is 1. The molecule has 7 nitrogen and oxygen atoms in total. The summed E-state index contributed by atoms with van der Waals surface area (Å²) in [4.78, 5) is 14.1. The molecule has 3 aromatic rings. The van der Waals surface area contributed by atoms with E-state index in [0.29, 0.717) is 22.6 Å². The van der Waals surface area contributed by atoms with E-state index in [1.54, 1.807) is 36.4 Å². The molecule has 1 aliphatic heterocycles. The first-order valence-electron chi connectivity index (χ1n) is 9.82. The summed E-state index contributed by atoms with van der Waals surface area (Å²) >= 11 is 0. The molecule has 1 saturated heterocycles. The predicted molar refractivity (Wildman–Crippen MR) is 113 cm³/mol. The molecule has 0 saturated carbocycles. The molecule has 1 aliphatic rings. The molecule has 0 aromatic heterocycles. The van der Waals surface area contributed by atoms with Gasteiger partial charge in [-0.25, -0.2) is 9.18 Å².